The van der Waals surface area contributed by atoms with E-state index in [1.54, 1.807) is 41.8 Å². The lowest BCUT2D eigenvalue weighted by Crippen LogP contribution is -2.42. The predicted molar refractivity (Wildman–Crippen MR) is 83.3 cm³/mol. The smallest absolute Gasteiger partial charge is 0.279 e. The first-order valence-corrected chi connectivity index (χ1v) is 7.50. The van der Waals surface area contributed by atoms with Crippen LogP contribution in [-0.2, 0) is 4.79 Å². The molecule has 0 fully saturated rings. The van der Waals surface area contributed by atoms with Crippen LogP contribution in [0.2, 0.25) is 0 Å². The molecule has 0 aliphatic carbocycles. The van der Waals surface area contributed by atoms with Gasteiger partial charge in [0.15, 0.2) is 0 Å². The zero-order valence-electron chi connectivity index (χ0n) is 11.7. The van der Waals surface area contributed by atoms with Crippen LogP contribution in [0, 0.1) is 0 Å². The molecule has 0 saturated carbocycles. The van der Waals surface area contributed by atoms with Gasteiger partial charge < -0.3 is 5.32 Å². The summed E-state index contributed by atoms with van der Waals surface area (Å²) in [6.07, 6.45) is 0.0727. The van der Waals surface area contributed by atoms with Crippen molar-refractivity contribution in [2.45, 2.75) is 6.42 Å². The van der Waals surface area contributed by atoms with Gasteiger partial charge in [-0.1, -0.05) is 24.3 Å². The van der Waals surface area contributed by atoms with Crippen molar-refractivity contribution >= 4 is 29.1 Å². The maximum atomic E-state index is 11.7. The second-order valence-electron chi connectivity index (χ2n) is 4.35. The molecule has 1 aromatic heterocycles. The zero-order valence-corrected chi connectivity index (χ0v) is 12.5. The first-order chi connectivity index (χ1) is 10.7. The Balaban J connectivity index is 1.66. The second-order valence-corrected chi connectivity index (χ2v) is 5.30. The van der Waals surface area contributed by atoms with Crippen LogP contribution in [0.25, 0.3) is 0 Å². The van der Waals surface area contributed by atoms with E-state index in [2.05, 4.69) is 16.2 Å². The van der Waals surface area contributed by atoms with Crippen LogP contribution in [0.15, 0.2) is 47.8 Å². The van der Waals surface area contributed by atoms with Crippen molar-refractivity contribution in [2.24, 2.45) is 0 Å². The number of hydrogen-bond donors (Lipinski definition) is 3. The van der Waals surface area contributed by atoms with E-state index in [1.165, 1.54) is 11.3 Å². The summed E-state index contributed by atoms with van der Waals surface area (Å²) in [4.78, 5) is 35.4. The summed E-state index contributed by atoms with van der Waals surface area (Å²) in [5, 5.41) is 4.41. The van der Waals surface area contributed by atoms with Crippen molar-refractivity contribution in [1.82, 2.24) is 16.2 Å². The summed E-state index contributed by atoms with van der Waals surface area (Å²) in [6.45, 7) is 0.189. The van der Waals surface area contributed by atoms with Gasteiger partial charge in [0.2, 0.25) is 5.91 Å². The Morgan fingerprint density at radius 3 is 2.36 bits per heavy atom. The summed E-state index contributed by atoms with van der Waals surface area (Å²) >= 11 is 1.28. The van der Waals surface area contributed by atoms with E-state index >= 15 is 0 Å². The molecule has 2 aromatic rings. The summed E-state index contributed by atoms with van der Waals surface area (Å²) < 4.78 is 0. The number of benzene rings is 1. The van der Waals surface area contributed by atoms with Gasteiger partial charge in [-0.2, -0.15) is 0 Å². The lowest BCUT2D eigenvalue weighted by atomic mass is 10.2. The van der Waals surface area contributed by atoms with Gasteiger partial charge in [0.25, 0.3) is 11.8 Å². The molecule has 3 amide bonds. The maximum absolute atomic E-state index is 11.7. The van der Waals surface area contributed by atoms with Gasteiger partial charge in [-0.3, -0.25) is 25.2 Å². The molecule has 22 heavy (non-hydrogen) atoms. The fourth-order valence-electron chi connectivity index (χ4n) is 1.64. The average Bonchev–Trinajstić information content (AvgIpc) is 3.08. The number of carbonyl (C=O) groups excluding carboxylic acids is 3. The van der Waals surface area contributed by atoms with Crippen molar-refractivity contribution in [3.05, 3.63) is 58.3 Å². The lowest BCUT2D eigenvalue weighted by molar-refractivity contribution is -0.121. The van der Waals surface area contributed by atoms with Gasteiger partial charge in [0, 0.05) is 18.5 Å². The van der Waals surface area contributed by atoms with Gasteiger partial charge in [0.05, 0.1) is 4.88 Å². The molecule has 0 bridgehead atoms. The van der Waals surface area contributed by atoms with E-state index in [-0.39, 0.29) is 30.7 Å². The Bertz CT molecular complexity index is 641. The number of nitrogens with one attached hydrogen (secondary N) is 3. The van der Waals surface area contributed by atoms with Gasteiger partial charge in [-0.25, -0.2) is 0 Å². The Morgan fingerprint density at radius 2 is 1.68 bits per heavy atom. The van der Waals surface area contributed by atoms with Crippen molar-refractivity contribution in [3.8, 4) is 0 Å². The van der Waals surface area contributed by atoms with Gasteiger partial charge in [-0.05, 0) is 23.6 Å². The van der Waals surface area contributed by atoms with Crippen molar-refractivity contribution in [3.63, 3.8) is 0 Å². The van der Waals surface area contributed by atoms with Crippen LogP contribution in [0.1, 0.15) is 26.5 Å². The molecule has 0 atom stereocenters. The molecule has 1 heterocycles. The third-order valence-corrected chi connectivity index (χ3v) is 3.60. The second kappa shape index (κ2) is 7.94. The first-order valence-electron chi connectivity index (χ1n) is 6.63. The summed E-state index contributed by atoms with van der Waals surface area (Å²) in [5.41, 5.74) is 5.15. The summed E-state index contributed by atoms with van der Waals surface area (Å²) in [5.74, 6) is -0.981. The molecule has 0 spiro atoms. The Labute approximate surface area is 131 Å². The highest BCUT2D eigenvalue weighted by Gasteiger charge is 2.09. The average molecular weight is 317 g/mol. The van der Waals surface area contributed by atoms with E-state index in [0.717, 1.165) is 0 Å². The number of hydrazine groups is 1. The molecular formula is C15H15N3O3S. The monoisotopic (exact) mass is 317 g/mol. The topological polar surface area (TPSA) is 87.3 Å². The van der Waals surface area contributed by atoms with Crippen LogP contribution >= 0.6 is 11.3 Å². The van der Waals surface area contributed by atoms with Crippen LogP contribution in [0.3, 0.4) is 0 Å². The molecule has 0 saturated heterocycles. The maximum Gasteiger partial charge on any atom is 0.279 e. The number of amides is 3. The normalized spacial score (nSPS) is 9.82. The minimum Gasteiger partial charge on any atom is -0.352 e. The molecule has 0 unspecified atom stereocenters. The molecular weight excluding hydrogens is 302 g/mol. The Morgan fingerprint density at radius 1 is 0.909 bits per heavy atom. The third-order valence-electron chi connectivity index (χ3n) is 2.73. The molecule has 7 heteroatoms. The van der Waals surface area contributed by atoms with Crippen LogP contribution in [-0.4, -0.2) is 24.3 Å². The van der Waals surface area contributed by atoms with Crippen LogP contribution in [0.5, 0.6) is 0 Å². The standard InChI is InChI=1S/C15H15N3O3S/c19-13(17-18-15(21)12-7-4-10-22-12)8-9-16-14(20)11-5-2-1-3-6-11/h1-7,10H,8-9H2,(H,16,20)(H,17,19)(H,18,21). The predicted octanol–water partition coefficient (Wildman–Crippen LogP) is 1.33. The zero-order chi connectivity index (χ0) is 15.8. The van der Waals surface area contributed by atoms with Gasteiger partial charge >= 0.3 is 0 Å². The molecule has 0 aliphatic rings. The highest BCUT2D eigenvalue weighted by atomic mass is 32.1. The fourth-order valence-corrected chi connectivity index (χ4v) is 2.26. The van der Waals surface area contributed by atoms with Crippen LogP contribution < -0.4 is 16.2 Å². The first kappa shape index (κ1) is 15.7. The van der Waals surface area contributed by atoms with Crippen LogP contribution in [0.4, 0.5) is 0 Å². The molecule has 0 aliphatic heterocycles. The molecule has 6 nitrogen and oxygen atoms in total. The van der Waals surface area contributed by atoms with Crippen molar-refractivity contribution < 1.29 is 14.4 Å². The molecule has 3 N–H and O–H groups in total. The Hall–Kier alpha value is -2.67. The minimum absolute atomic E-state index is 0.0727. The SMILES string of the molecule is O=C(CCNC(=O)c1ccccc1)NNC(=O)c1cccs1. The number of thiophene rings is 1. The number of carbonyl (C=O) groups is 3. The Kier molecular flexibility index (Phi) is 5.67. The van der Waals surface area contributed by atoms with E-state index in [1.807, 2.05) is 6.07 Å². The van der Waals surface area contributed by atoms with E-state index in [9.17, 15) is 14.4 Å². The molecule has 114 valence electrons. The molecule has 1 aromatic carbocycles. The number of rotatable bonds is 5. The molecule has 0 radical (unpaired) electrons. The lowest BCUT2D eigenvalue weighted by Gasteiger charge is -2.07. The number of hydrogen-bond acceptors (Lipinski definition) is 4. The quantitative estimate of drug-likeness (QED) is 0.727. The molecule has 2 rings (SSSR count). The van der Waals surface area contributed by atoms with E-state index < -0.39 is 0 Å². The minimum atomic E-state index is -0.377. The van der Waals surface area contributed by atoms with E-state index in [4.69, 9.17) is 0 Å². The highest BCUT2D eigenvalue weighted by Crippen LogP contribution is 2.06. The van der Waals surface area contributed by atoms with E-state index in [0.29, 0.717) is 10.4 Å². The van der Waals surface area contributed by atoms with Crippen molar-refractivity contribution in [1.29, 1.82) is 0 Å². The fraction of sp³-hybridized carbons (Fsp3) is 0.133. The van der Waals surface area contributed by atoms with Crippen molar-refractivity contribution in [2.75, 3.05) is 6.54 Å². The summed E-state index contributed by atoms with van der Waals surface area (Å²) in [6, 6.07) is 12.1. The van der Waals surface area contributed by atoms with Gasteiger partial charge in [-0.15, -0.1) is 11.3 Å². The van der Waals surface area contributed by atoms with Gasteiger partial charge in [0.1, 0.15) is 0 Å². The summed E-state index contributed by atoms with van der Waals surface area (Å²) in [7, 11) is 0. The third kappa shape index (κ3) is 4.71. The highest BCUT2D eigenvalue weighted by molar-refractivity contribution is 7.12. The largest absolute Gasteiger partial charge is 0.352 e.